The van der Waals surface area contributed by atoms with Crippen molar-refractivity contribution in [2.75, 3.05) is 0 Å². The molecule has 0 heterocycles. The SMILES string of the molecule is F[P-](F)(F)(F)(F)F.[Ru+]. The number of rotatable bonds is 0. The van der Waals surface area contributed by atoms with E-state index in [0.717, 1.165) is 0 Å². The summed E-state index contributed by atoms with van der Waals surface area (Å²) in [6.07, 6.45) is 0. The van der Waals surface area contributed by atoms with Gasteiger partial charge in [0.1, 0.15) is 0 Å². The Balaban J connectivity index is 0. The van der Waals surface area contributed by atoms with Crippen LogP contribution >= 0.6 is 7.81 Å². The molecule has 0 aromatic carbocycles. The van der Waals surface area contributed by atoms with E-state index >= 15 is 0 Å². The third kappa shape index (κ3) is 525. The molecule has 0 unspecified atom stereocenters. The van der Waals surface area contributed by atoms with Gasteiger partial charge in [-0.15, -0.1) is 0 Å². The molecule has 0 rings (SSSR count). The van der Waals surface area contributed by atoms with E-state index < -0.39 is 7.81 Å². The summed E-state index contributed by atoms with van der Waals surface area (Å²) < 4.78 is 59.2. The molecule has 8 heteroatoms. The predicted molar refractivity (Wildman–Crippen MR) is 13.6 cm³/mol. The topological polar surface area (TPSA) is 0 Å². The van der Waals surface area contributed by atoms with Crippen molar-refractivity contribution < 1.29 is 44.7 Å². The van der Waals surface area contributed by atoms with Crippen molar-refractivity contribution in [1.82, 2.24) is 0 Å². The maximum absolute atomic E-state index is 10.7. The van der Waals surface area contributed by atoms with Crippen molar-refractivity contribution in [3.8, 4) is 0 Å². The molecule has 0 bridgehead atoms. The van der Waals surface area contributed by atoms with Gasteiger partial charge in [0.25, 0.3) is 0 Å². The third-order valence-corrected chi connectivity index (χ3v) is 0. The van der Waals surface area contributed by atoms with Crippen molar-refractivity contribution in [1.29, 1.82) is 0 Å². The van der Waals surface area contributed by atoms with Crippen LogP contribution in [0.3, 0.4) is 0 Å². The first kappa shape index (κ1) is 11.4. The van der Waals surface area contributed by atoms with Crippen LogP contribution in [0.25, 0.3) is 0 Å². The van der Waals surface area contributed by atoms with Gasteiger partial charge in [0, 0.05) is 0 Å². The second-order valence-electron chi connectivity index (χ2n) is 0.958. The summed E-state index contributed by atoms with van der Waals surface area (Å²) in [7, 11) is -10.7. The molecular weight excluding hydrogens is 246 g/mol. The molecule has 0 saturated heterocycles. The largest absolute Gasteiger partial charge is 1.00 e. The Morgan fingerprint density at radius 2 is 0.625 bits per heavy atom. The molecule has 0 N–H and O–H groups in total. The van der Waals surface area contributed by atoms with Crippen LogP contribution < -0.4 is 0 Å². The van der Waals surface area contributed by atoms with Gasteiger partial charge >= 0.3 is 52.5 Å². The van der Waals surface area contributed by atoms with E-state index in [-0.39, 0.29) is 19.5 Å². The van der Waals surface area contributed by atoms with E-state index in [4.69, 9.17) is 0 Å². The molecule has 0 aliphatic rings. The molecule has 0 fully saturated rings. The summed E-state index contributed by atoms with van der Waals surface area (Å²) in [5, 5.41) is 0. The van der Waals surface area contributed by atoms with Crippen molar-refractivity contribution in [3.05, 3.63) is 0 Å². The van der Waals surface area contributed by atoms with Crippen LogP contribution in [0.1, 0.15) is 0 Å². The van der Waals surface area contributed by atoms with Gasteiger partial charge in [0.2, 0.25) is 0 Å². The summed E-state index contributed by atoms with van der Waals surface area (Å²) in [6, 6.07) is 0. The fourth-order valence-corrected chi connectivity index (χ4v) is 0. The molecule has 55 valence electrons. The molecular formula is F6PRu. The summed E-state index contributed by atoms with van der Waals surface area (Å²) >= 11 is 0. The zero-order valence-electron chi connectivity index (χ0n) is 3.07. The summed E-state index contributed by atoms with van der Waals surface area (Å²) in [6.45, 7) is 0. The maximum Gasteiger partial charge on any atom is 1.00 e. The van der Waals surface area contributed by atoms with Gasteiger partial charge in [0.15, 0.2) is 0 Å². The fraction of sp³-hybridized carbons (Fsp3) is 0. The second kappa shape index (κ2) is 1.37. The van der Waals surface area contributed by atoms with Crippen molar-refractivity contribution in [2.45, 2.75) is 0 Å². The van der Waals surface area contributed by atoms with Crippen LogP contribution in [-0.4, -0.2) is 0 Å². The summed E-state index contributed by atoms with van der Waals surface area (Å²) in [4.78, 5) is 0. The quantitative estimate of drug-likeness (QED) is 0.349. The molecule has 0 nitrogen and oxygen atoms in total. The first-order valence-electron chi connectivity index (χ1n) is 1.01. The van der Waals surface area contributed by atoms with E-state index in [1.54, 1.807) is 0 Å². The zero-order chi connectivity index (χ0) is 6.41. The van der Waals surface area contributed by atoms with Gasteiger partial charge < -0.3 is 0 Å². The van der Waals surface area contributed by atoms with E-state index in [2.05, 4.69) is 0 Å². The predicted octanol–water partition coefficient (Wildman–Crippen LogP) is 3.38. The molecule has 0 aromatic rings. The molecule has 0 atom stereocenters. The first-order valence-corrected chi connectivity index (χ1v) is 3.04. The molecule has 0 saturated carbocycles. The van der Waals surface area contributed by atoms with E-state index in [1.807, 2.05) is 0 Å². The van der Waals surface area contributed by atoms with Crippen LogP contribution in [0.5, 0.6) is 0 Å². The maximum atomic E-state index is 9.87. The first-order chi connectivity index (χ1) is 2.45. The Kier molecular flexibility index (Phi) is 1.96. The minimum Gasteiger partial charge on any atom is 1.00 e. The van der Waals surface area contributed by atoms with Crippen molar-refractivity contribution in [3.63, 3.8) is 0 Å². The van der Waals surface area contributed by atoms with Crippen LogP contribution in [0, 0.1) is 0 Å². The van der Waals surface area contributed by atoms with E-state index in [1.165, 1.54) is 0 Å². The minimum absolute atomic E-state index is 0. The van der Waals surface area contributed by atoms with Crippen LogP contribution in [0.2, 0.25) is 0 Å². The van der Waals surface area contributed by atoms with Gasteiger partial charge in [-0.3, -0.25) is 0 Å². The van der Waals surface area contributed by atoms with Gasteiger partial charge in [-0.1, -0.05) is 0 Å². The van der Waals surface area contributed by atoms with Crippen LogP contribution in [0.4, 0.5) is 25.2 Å². The van der Waals surface area contributed by atoms with Gasteiger partial charge in [-0.05, 0) is 0 Å². The van der Waals surface area contributed by atoms with Gasteiger partial charge in [-0.2, -0.15) is 0 Å². The van der Waals surface area contributed by atoms with Crippen LogP contribution in [-0.2, 0) is 19.5 Å². The molecule has 0 amide bonds. The summed E-state index contributed by atoms with van der Waals surface area (Å²) in [5.74, 6) is 0. The molecule has 8 heavy (non-hydrogen) atoms. The Morgan fingerprint density at radius 3 is 0.625 bits per heavy atom. The van der Waals surface area contributed by atoms with Gasteiger partial charge in [-0.25, -0.2) is 0 Å². The smallest absolute Gasteiger partial charge is 1.00 e. The van der Waals surface area contributed by atoms with E-state index in [0.29, 0.717) is 0 Å². The molecule has 0 aromatic heterocycles. The van der Waals surface area contributed by atoms with Gasteiger partial charge in [0.05, 0.1) is 0 Å². The number of halogens is 6. The molecule has 0 aliphatic heterocycles. The number of hydrogen-bond acceptors (Lipinski definition) is 0. The Morgan fingerprint density at radius 1 is 0.625 bits per heavy atom. The van der Waals surface area contributed by atoms with Crippen LogP contribution in [0.15, 0.2) is 0 Å². The third-order valence-electron chi connectivity index (χ3n) is 0. The minimum atomic E-state index is -10.7. The molecule has 1 radical (unpaired) electrons. The average Bonchev–Trinajstić information content (AvgIpc) is 0.592. The number of hydrogen-bond donors (Lipinski definition) is 0. The monoisotopic (exact) mass is 247 g/mol. The second-order valence-corrected chi connectivity index (χ2v) is 2.87. The summed E-state index contributed by atoms with van der Waals surface area (Å²) in [5.41, 5.74) is 0. The van der Waals surface area contributed by atoms with E-state index in [9.17, 15) is 25.2 Å². The van der Waals surface area contributed by atoms with Crippen molar-refractivity contribution in [2.24, 2.45) is 0 Å². The van der Waals surface area contributed by atoms with Crippen molar-refractivity contribution >= 4 is 7.81 Å². The Labute approximate surface area is 53.2 Å². The fourth-order valence-electron chi connectivity index (χ4n) is 0. The molecule has 0 spiro atoms. The Hall–Kier alpha value is 0.633. The zero-order valence-corrected chi connectivity index (χ0v) is 5.70. The molecule has 0 aliphatic carbocycles. The average molecular weight is 246 g/mol. The standard InChI is InChI=1S/F6P.Ru/c1-7(2,3,4,5)6;/q-1;+1. The normalized spacial score (nSPS) is 20.2. The Bertz CT molecular complexity index is 67.1.